The molecule has 1 amide bonds. The van der Waals surface area contributed by atoms with Crippen LogP contribution < -0.4 is 5.32 Å². The number of ketones is 1. The third kappa shape index (κ3) is 6.57. The van der Waals surface area contributed by atoms with Gasteiger partial charge in [-0.1, -0.05) is 48.9 Å². The van der Waals surface area contributed by atoms with Gasteiger partial charge < -0.3 is 10.1 Å². The molecule has 1 N–H and O–H groups in total. The van der Waals surface area contributed by atoms with E-state index in [4.69, 9.17) is 16.3 Å². The Kier molecular flexibility index (Phi) is 7.81. The predicted molar refractivity (Wildman–Crippen MR) is 112 cm³/mol. The summed E-state index contributed by atoms with van der Waals surface area (Å²) in [5.41, 5.74) is 0.865. The summed E-state index contributed by atoms with van der Waals surface area (Å²) in [6, 6.07) is 15.8. The maximum Gasteiger partial charge on any atom is 0.408 e. The SMILES string of the molecule is CCC(NC(=O)OCc1ccccc1)C(=O)Cn1nnc(Sc2ccc(Cl)cc2)n1. The maximum absolute atomic E-state index is 12.5. The van der Waals surface area contributed by atoms with Crippen molar-refractivity contribution in [2.75, 3.05) is 0 Å². The molecule has 3 aromatic rings. The molecule has 0 saturated carbocycles. The standard InChI is InChI=1S/C20H20ClN5O3S/c1-2-17(22-20(28)29-13-14-6-4-3-5-7-14)18(27)12-26-24-19(23-25-26)30-16-10-8-15(21)9-11-16/h3-11,17H,2,12-13H2,1H3,(H,22,28). The molecule has 0 bridgehead atoms. The monoisotopic (exact) mass is 445 g/mol. The fourth-order valence-electron chi connectivity index (χ4n) is 2.51. The molecule has 0 fully saturated rings. The highest BCUT2D eigenvalue weighted by Crippen LogP contribution is 2.25. The van der Waals surface area contributed by atoms with Gasteiger partial charge in [0.2, 0.25) is 5.16 Å². The fourth-order valence-corrected chi connectivity index (χ4v) is 3.33. The summed E-state index contributed by atoms with van der Waals surface area (Å²) in [6.07, 6.45) is -0.232. The normalized spacial score (nSPS) is 11.7. The molecule has 1 atom stereocenters. The number of hydrogen-bond donors (Lipinski definition) is 1. The molecule has 1 unspecified atom stereocenters. The lowest BCUT2D eigenvalue weighted by molar-refractivity contribution is -0.122. The van der Waals surface area contributed by atoms with Crippen molar-refractivity contribution in [3.63, 3.8) is 0 Å². The number of carbonyl (C=O) groups is 2. The molecule has 8 nitrogen and oxygen atoms in total. The van der Waals surface area contributed by atoms with Crippen molar-refractivity contribution in [1.29, 1.82) is 0 Å². The van der Waals surface area contributed by atoms with Crippen LogP contribution in [0.25, 0.3) is 0 Å². The van der Waals surface area contributed by atoms with Gasteiger partial charge in [-0.05, 0) is 53.2 Å². The smallest absolute Gasteiger partial charge is 0.408 e. The Labute approximate surface area is 182 Å². The Morgan fingerprint density at radius 1 is 1.17 bits per heavy atom. The predicted octanol–water partition coefficient (Wildman–Crippen LogP) is 3.75. The Morgan fingerprint density at radius 3 is 2.60 bits per heavy atom. The highest BCUT2D eigenvalue weighted by atomic mass is 35.5. The first-order valence-corrected chi connectivity index (χ1v) is 10.4. The summed E-state index contributed by atoms with van der Waals surface area (Å²) in [7, 11) is 0. The van der Waals surface area contributed by atoms with E-state index >= 15 is 0 Å². The Morgan fingerprint density at radius 2 is 1.90 bits per heavy atom. The number of benzene rings is 2. The van der Waals surface area contributed by atoms with E-state index in [1.165, 1.54) is 16.6 Å². The summed E-state index contributed by atoms with van der Waals surface area (Å²) in [5, 5.41) is 15.7. The molecule has 1 heterocycles. The third-order valence-electron chi connectivity index (χ3n) is 4.06. The quantitative estimate of drug-likeness (QED) is 0.535. The van der Waals surface area contributed by atoms with Crippen molar-refractivity contribution in [2.24, 2.45) is 0 Å². The van der Waals surface area contributed by atoms with Crippen LogP contribution in [0.5, 0.6) is 0 Å². The highest BCUT2D eigenvalue weighted by Gasteiger charge is 2.21. The van der Waals surface area contributed by atoms with E-state index < -0.39 is 12.1 Å². The number of halogens is 1. The number of rotatable bonds is 9. The zero-order chi connectivity index (χ0) is 21.3. The molecule has 3 rings (SSSR count). The molecular formula is C20H20ClN5O3S. The lowest BCUT2D eigenvalue weighted by atomic mass is 10.1. The van der Waals surface area contributed by atoms with Gasteiger partial charge in [0.15, 0.2) is 5.78 Å². The van der Waals surface area contributed by atoms with Crippen molar-refractivity contribution in [3.8, 4) is 0 Å². The first kappa shape index (κ1) is 21.8. The molecule has 2 aromatic carbocycles. The molecule has 0 aliphatic carbocycles. The Bertz CT molecular complexity index is 982. The van der Waals surface area contributed by atoms with E-state index in [9.17, 15) is 9.59 Å². The van der Waals surface area contributed by atoms with Gasteiger partial charge in [-0.15, -0.1) is 10.2 Å². The number of carbonyl (C=O) groups excluding carboxylic acids is 2. The van der Waals surface area contributed by atoms with Crippen molar-refractivity contribution in [1.82, 2.24) is 25.5 Å². The number of nitrogens with one attached hydrogen (secondary N) is 1. The van der Waals surface area contributed by atoms with Crippen LogP contribution in [0, 0.1) is 0 Å². The summed E-state index contributed by atoms with van der Waals surface area (Å²) in [6.45, 7) is 1.83. The molecule has 156 valence electrons. The summed E-state index contributed by atoms with van der Waals surface area (Å²) in [5.74, 6) is -0.241. The Hall–Kier alpha value is -2.91. The van der Waals surface area contributed by atoms with E-state index in [2.05, 4.69) is 20.7 Å². The van der Waals surface area contributed by atoms with Crippen molar-refractivity contribution in [3.05, 3.63) is 65.2 Å². The van der Waals surface area contributed by atoms with E-state index in [0.29, 0.717) is 16.6 Å². The van der Waals surface area contributed by atoms with Crippen LogP contribution in [0.15, 0.2) is 64.6 Å². The molecule has 0 aliphatic rings. The number of amides is 1. The average molecular weight is 446 g/mol. The second-order valence-corrected chi connectivity index (χ2v) is 7.77. The molecule has 10 heteroatoms. The lowest BCUT2D eigenvalue weighted by Crippen LogP contribution is -2.42. The molecule has 0 aliphatic heterocycles. The van der Waals surface area contributed by atoms with Crippen LogP contribution in [-0.4, -0.2) is 38.1 Å². The minimum atomic E-state index is -0.702. The molecule has 1 aromatic heterocycles. The van der Waals surface area contributed by atoms with Crippen molar-refractivity contribution in [2.45, 2.75) is 42.6 Å². The van der Waals surface area contributed by atoms with Gasteiger partial charge in [0.25, 0.3) is 0 Å². The second-order valence-electron chi connectivity index (χ2n) is 6.29. The van der Waals surface area contributed by atoms with Gasteiger partial charge in [0.1, 0.15) is 13.2 Å². The first-order chi connectivity index (χ1) is 14.5. The minimum Gasteiger partial charge on any atom is -0.445 e. The largest absolute Gasteiger partial charge is 0.445 e. The number of hydrogen-bond acceptors (Lipinski definition) is 7. The van der Waals surface area contributed by atoms with Gasteiger partial charge in [-0.25, -0.2) is 4.79 Å². The number of ether oxygens (including phenoxy) is 1. The second kappa shape index (κ2) is 10.7. The molecule has 0 spiro atoms. The van der Waals surface area contributed by atoms with Crippen molar-refractivity contribution >= 4 is 35.2 Å². The zero-order valence-electron chi connectivity index (χ0n) is 16.2. The molecular weight excluding hydrogens is 426 g/mol. The van der Waals surface area contributed by atoms with Crippen molar-refractivity contribution < 1.29 is 14.3 Å². The van der Waals surface area contributed by atoms with Gasteiger partial charge in [0.05, 0.1) is 6.04 Å². The van der Waals surface area contributed by atoms with Crippen LogP contribution in [-0.2, 0) is 22.7 Å². The van der Waals surface area contributed by atoms with Crippen LogP contribution in [0.4, 0.5) is 4.79 Å². The number of alkyl carbamates (subject to hydrolysis) is 1. The van der Waals surface area contributed by atoms with Gasteiger partial charge in [0, 0.05) is 9.92 Å². The summed E-state index contributed by atoms with van der Waals surface area (Å²) < 4.78 is 5.17. The molecule has 0 saturated heterocycles. The lowest BCUT2D eigenvalue weighted by Gasteiger charge is -2.15. The van der Waals surface area contributed by atoms with E-state index in [-0.39, 0.29) is 18.9 Å². The number of nitrogens with zero attached hydrogens (tertiary/aromatic N) is 4. The zero-order valence-corrected chi connectivity index (χ0v) is 17.8. The third-order valence-corrected chi connectivity index (χ3v) is 5.16. The minimum absolute atomic E-state index is 0.106. The topological polar surface area (TPSA) is 99.0 Å². The Balaban J connectivity index is 1.50. The number of Topliss-reactive ketones (excluding diaryl/α,β-unsaturated/α-hetero) is 1. The fraction of sp³-hybridized carbons (Fsp3) is 0.250. The van der Waals surface area contributed by atoms with Gasteiger partial charge in [-0.2, -0.15) is 4.80 Å². The van der Waals surface area contributed by atoms with Crippen LogP contribution >= 0.6 is 23.4 Å². The van der Waals surface area contributed by atoms with E-state index in [0.717, 1.165) is 10.5 Å². The van der Waals surface area contributed by atoms with Crippen LogP contribution in [0.3, 0.4) is 0 Å². The summed E-state index contributed by atoms with van der Waals surface area (Å²) in [4.78, 5) is 26.7. The van der Waals surface area contributed by atoms with Gasteiger partial charge in [-0.3, -0.25) is 4.79 Å². The summed E-state index contributed by atoms with van der Waals surface area (Å²) >= 11 is 7.18. The number of tetrazole rings is 1. The van der Waals surface area contributed by atoms with E-state index in [1.807, 2.05) is 42.5 Å². The number of aromatic nitrogens is 4. The molecule has 30 heavy (non-hydrogen) atoms. The van der Waals surface area contributed by atoms with E-state index in [1.54, 1.807) is 19.1 Å². The maximum atomic E-state index is 12.5. The average Bonchev–Trinajstić information content (AvgIpc) is 3.19. The van der Waals surface area contributed by atoms with Gasteiger partial charge >= 0.3 is 6.09 Å². The van der Waals surface area contributed by atoms with Crippen LogP contribution in [0.2, 0.25) is 5.02 Å². The molecule has 0 radical (unpaired) electrons. The highest BCUT2D eigenvalue weighted by molar-refractivity contribution is 7.99. The first-order valence-electron chi connectivity index (χ1n) is 9.24. The van der Waals surface area contributed by atoms with Crippen LogP contribution in [0.1, 0.15) is 18.9 Å².